The highest BCUT2D eigenvalue weighted by atomic mass is 19.4. The summed E-state index contributed by atoms with van der Waals surface area (Å²) >= 11 is 0. The first-order chi connectivity index (χ1) is 8.49. The Hall–Kier alpha value is -0.290. The lowest BCUT2D eigenvalue weighted by Crippen LogP contribution is -2.41. The number of ether oxygens (including phenoxy) is 1. The standard InChI is InChI=1S/C13H22F3NO/c1-2-7-17-11(5-6-13(14,15)16)10-8-9-3-4-12(10)18-9/h9-12,17H,2-8H2,1H3. The van der Waals surface area contributed by atoms with Crippen molar-refractivity contribution in [3.8, 4) is 0 Å². The summed E-state index contributed by atoms with van der Waals surface area (Å²) in [4.78, 5) is 0. The molecule has 2 aliphatic rings. The fourth-order valence-electron chi connectivity index (χ4n) is 3.22. The highest BCUT2D eigenvalue weighted by Crippen LogP contribution is 2.41. The molecule has 0 aromatic carbocycles. The molecule has 4 unspecified atom stereocenters. The number of alkyl halides is 3. The molecule has 4 atom stereocenters. The van der Waals surface area contributed by atoms with Crippen LogP contribution in [0, 0.1) is 5.92 Å². The highest BCUT2D eigenvalue weighted by Gasteiger charge is 2.44. The van der Waals surface area contributed by atoms with Crippen LogP contribution in [-0.2, 0) is 4.74 Å². The summed E-state index contributed by atoms with van der Waals surface area (Å²) in [5, 5.41) is 3.29. The zero-order valence-electron chi connectivity index (χ0n) is 10.8. The normalized spacial score (nSPS) is 33.0. The summed E-state index contributed by atoms with van der Waals surface area (Å²) < 4.78 is 42.8. The van der Waals surface area contributed by atoms with Gasteiger partial charge in [-0.2, -0.15) is 13.2 Å². The van der Waals surface area contributed by atoms with Crippen LogP contribution in [0.3, 0.4) is 0 Å². The number of hydrogen-bond acceptors (Lipinski definition) is 2. The third-order valence-corrected chi connectivity index (χ3v) is 4.07. The number of fused-ring (bicyclic) bond motifs is 2. The third kappa shape index (κ3) is 3.60. The summed E-state index contributed by atoms with van der Waals surface area (Å²) in [6.45, 7) is 2.82. The number of nitrogens with one attached hydrogen (secondary N) is 1. The van der Waals surface area contributed by atoms with Crippen LogP contribution >= 0.6 is 0 Å². The minimum atomic E-state index is -4.05. The highest BCUT2D eigenvalue weighted by molar-refractivity contribution is 4.95. The van der Waals surface area contributed by atoms with E-state index in [0.29, 0.717) is 6.10 Å². The molecule has 18 heavy (non-hydrogen) atoms. The Bertz CT molecular complexity index is 269. The Balaban J connectivity index is 1.88. The van der Waals surface area contributed by atoms with E-state index in [1.165, 1.54) is 0 Å². The number of halogens is 3. The van der Waals surface area contributed by atoms with E-state index in [4.69, 9.17) is 4.74 Å². The molecule has 1 N–H and O–H groups in total. The predicted octanol–water partition coefficient (Wildman–Crippen LogP) is 3.26. The molecule has 0 amide bonds. The Morgan fingerprint density at radius 3 is 2.61 bits per heavy atom. The van der Waals surface area contributed by atoms with Gasteiger partial charge in [0.25, 0.3) is 0 Å². The van der Waals surface area contributed by atoms with E-state index in [2.05, 4.69) is 5.32 Å². The molecule has 0 aromatic heterocycles. The minimum Gasteiger partial charge on any atom is -0.375 e. The Labute approximate surface area is 106 Å². The lowest BCUT2D eigenvalue weighted by Gasteiger charge is -2.29. The Morgan fingerprint density at radius 2 is 2.11 bits per heavy atom. The lowest BCUT2D eigenvalue weighted by atomic mass is 9.82. The second-order valence-electron chi connectivity index (χ2n) is 5.49. The van der Waals surface area contributed by atoms with Crippen LogP contribution in [-0.4, -0.2) is 31.0 Å². The van der Waals surface area contributed by atoms with Crippen LogP contribution in [0.2, 0.25) is 0 Å². The van der Waals surface area contributed by atoms with E-state index in [0.717, 1.165) is 32.2 Å². The Morgan fingerprint density at radius 1 is 1.33 bits per heavy atom. The largest absolute Gasteiger partial charge is 0.389 e. The van der Waals surface area contributed by atoms with Crippen molar-refractivity contribution in [3.63, 3.8) is 0 Å². The van der Waals surface area contributed by atoms with Gasteiger partial charge in [0, 0.05) is 18.4 Å². The van der Waals surface area contributed by atoms with E-state index < -0.39 is 12.6 Å². The molecule has 2 fully saturated rings. The van der Waals surface area contributed by atoms with Gasteiger partial charge >= 0.3 is 6.18 Å². The van der Waals surface area contributed by atoms with Gasteiger partial charge in [-0.1, -0.05) is 6.92 Å². The summed E-state index contributed by atoms with van der Waals surface area (Å²) in [7, 11) is 0. The van der Waals surface area contributed by atoms with Crippen molar-refractivity contribution in [2.75, 3.05) is 6.54 Å². The van der Waals surface area contributed by atoms with Crippen molar-refractivity contribution in [1.82, 2.24) is 5.32 Å². The molecule has 2 saturated heterocycles. The molecule has 0 saturated carbocycles. The number of rotatable bonds is 6. The van der Waals surface area contributed by atoms with Gasteiger partial charge in [-0.25, -0.2) is 0 Å². The smallest absolute Gasteiger partial charge is 0.375 e. The molecule has 0 radical (unpaired) electrons. The zero-order valence-corrected chi connectivity index (χ0v) is 10.8. The first-order valence-corrected chi connectivity index (χ1v) is 6.95. The molecule has 2 nitrogen and oxygen atoms in total. The molecule has 0 aliphatic carbocycles. The third-order valence-electron chi connectivity index (χ3n) is 4.07. The quantitative estimate of drug-likeness (QED) is 0.796. The Kier molecular flexibility index (Phi) is 4.54. The summed E-state index contributed by atoms with van der Waals surface area (Å²) in [6, 6.07) is -0.0399. The van der Waals surface area contributed by atoms with Crippen LogP contribution < -0.4 is 5.32 Å². The predicted molar refractivity (Wildman–Crippen MR) is 63.4 cm³/mol. The van der Waals surface area contributed by atoms with Gasteiger partial charge in [0.15, 0.2) is 0 Å². The van der Waals surface area contributed by atoms with E-state index in [1.54, 1.807) is 0 Å². The minimum absolute atomic E-state index is 0.0399. The van der Waals surface area contributed by atoms with Crippen molar-refractivity contribution in [2.45, 2.75) is 69.9 Å². The molecule has 0 spiro atoms. The van der Waals surface area contributed by atoms with Crippen molar-refractivity contribution in [3.05, 3.63) is 0 Å². The van der Waals surface area contributed by atoms with Gasteiger partial charge in [-0.3, -0.25) is 0 Å². The molecule has 2 bridgehead atoms. The fourth-order valence-corrected chi connectivity index (χ4v) is 3.22. The molecule has 106 valence electrons. The molecule has 2 aliphatic heterocycles. The van der Waals surface area contributed by atoms with Crippen LogP contribution in [0.5, 0.6) is 0 Å². The average molecular weight is 265 g/mol. The van der Waals surface area contributed by atoms with Crippen molar-refractivity contribution >= 4 is 0 Å². The second-order valence-corrected chi connectivity index (χ2v) is 5.49. The average Bonchev–Trinajstić information content (AvgIpc) is 2.89. The zero-order chi connectivity index (χ0) is 13.2. The topological polar surface area (TPSA) is 21.3 Å². The van der Waals surface area contributed by atoms with E-state index >= 15 is 0 Å². The first-order valence-electron chi connectivity index (χ1n) is 6.95. The van der Waals surface area contributed by atoms with Gasteiger partial charge in [0.1, 0.15) is 0 Å². The molecule has 2 heterocycles. The molecule has 2 rings (SSSR count). The SMILES string of the molecule is CCCNC(CCC(F)(F)F)C1CC2CCC1O2. The van der Waals surface area contributed by atoms with E-state index in [1.807, 2.05) is 6.92 Å². The molecule has 5 heteroatoms. The van der Waals surface area contributed by atoms with Gasteiger partial charge in [0.2, 0.25) is 0 Å². The molecule has 0 aromatic rings. The summed E-state index contributed by atoms with van der Waals surface area (Å²) in [5.41, 5.74) is 0. The summed E-state index contributed by atoms with van der Waals surface area (Å²) in [5.74, 6) is 0.276. The fraction of sp³-hybridized carbons (Fsp3) is 1.00. The van der Waals surface area contributed by atoms with Gasteiger partial charge < -0.3 is 10.1 Å². The maximum atomic E-state index is 12.4. The van der Waals surface area contributed by atoms with Crippen LogP contribution in [0.15, 0.2) is 0 Å². The number of hydrogen-bond donors (Lipinski definition) is 1. The van der Waals surface area contributed by atoms with Gasteiger partial charge in [0.05, 0.1) is 12.2 Å². The lowest BCUT2D eigenvalue weighted by molar-refractivity contribution is -0.137. The molecular weight excluding hydrogens is 243 g/mol. The van der Waals surface area contributed by atoms with Crippen LogP contribution in [0.4, 0.5) is 13.2 Å². The maximum absolute atomic E-state index is 12.4. The first kappa shape index (κ1) is 14.1. The van der Waals surface area contributed by atoms with Crippen molar-refractivity contribution in [2.24, 2.45) is 5.92 Å². The summed E-state index contributed by atoms with van der Waals surface area (Å²) in [6.07, 6.45) is -0.0803. The second kappa shape index (κ2) is 5.78. The molecular formula is C13H22F3NO. The van der Waals surface area contributed by atoms with E-state index in [9.17, 15) is 13.2 Å². The van der Waals surface area contributed by atoms with Gasteiger partial charge in [-0.15, -0.1) is 0 Å². The van der Waals surface area contributed by atoms with Crippen LogP contribution in [0.1, 0.15) is 45.4 Å². The maximum Gasteiger partial charge on any atom is 0.389 e. The van der Waals surface area contributed by atoms with E-state index in [-0.39, 0.29) is 24.5 Å². The van der Waals surface area contributed by atoms with Crippen LogP contribution in [0.25, 0.3) is 0 Å². The van der Waals surface area contributed by atoms with Gasteiger partial charge in [-0.05, 0) is 38.6 Å². The van der Waals surface area contributed by atoms with Crippen molar-refractivity contribution < 1.29 is 17.9 Å². The monoisotopic (exact) mass is 265 g/mol. The van der Waals surface area contributed by atoms with Crippen molar-refractivity contribution in [1.29, 1.82) is 0 Å².